The van der Waals surface area contributed by atoms with Gasteiger partial charge in [-0.3, -0.25) is 0 Å². The Kier molecular flexibility index (Phi) is 1.55. The molecule has 0 fully saturated rings. The van der Waals surface area contributed by atoms with Crippen molar-refractivity contribution in [3.05, 3.63) is 23.7 Å². The Balaban J connectivity index is 2.96. The monoisotopic (exact) mass is 180 g/mol. The number of hydrogen-bond acceptors (Lipinski definition) is 4. The van der Waals surface area contributed by atoms with Gasteiger partial charge in [-0.2, -0.15) is 0 Å². The van der Waals surface area contributed by atoms with Gasteiger partial charge in [0.05, 0.1) is 10.9 Å². The average Bonchev–Trinajstić information content (AvgIpc) is 2.04. The van der Waals surface area contributed by atoms with E-state index in [1.54, 1.807) is 12.3 Å². The highest BCUT2D eigenvalue weighted by Crippen LogP contribution is 2.22. The maximum atomic E-state index is 5.79. The number of nitrogens with zero attached hydrogens (tertiary/aromatic N) is 3. The van der Waals surface area contributed by atoms with Crippen molar-refractivity contribution >= 4 is 28.3 Å². The molecule has 0 bridgehead atoms. The molecule has 2 aromatic heterocycles. The van der Waals surface area contributed by atoms with E-state index in [2.05, 4.69) is 15.0 Å². The molecule has 0 aliphatic carbocycles. The molecule has 0 saturated carbocycles. The molecular formula is C7H5ClN4. The third-order valence-corrected chi connectivity index (χ3v) is 1.82. The number of pyridine rings is 1. The Morgan fingerprint density at radius 2 is 2.08 bits per heavy atom. The summed E-state index contributed by atoms with van der Waals surface area (Å²) >= 11 is 5.79. The first kappa shape index (κ1) is 7.24. The van der Waals surface area contributed by atoms with Gasteiger partial charge in [0.2, 0.25) is 0 Å². The van der Waals surface area contributed by atoms with Crippen LogP contribution in [0.1, 0.15) is 0 Å². The average molecular weight is 181 g/mol. The predicted molar refractivity (Wildman–Crippen MR) is 46.8 cm³/mol. The van der Waals surface area contributed by atoms with Gasteiger partial charge in [-0.15, -0.1) is 0 Å². The van der Waals surface area contributed by atoms with Crippen LogP contribution < -0.4 is 5.73 Å². The standard InChI is InChI=1S/C7H5ClN4/c8-6-5-4(11-3-12-6)1-2-10-7(5)9/h1-3H,(H2,9,10). The van der Waals surface area contributed by atoms with Crippen LogP contribution in [0.5, 0.6) is 0 Å². The molecule has 2 heterocycles. The van der Waals surface area contributed by atoms with Gasteiger partial charge in [0.15, 0.2) is 0 Å². The Labute approximate surface area is 73.4 Å². The molecule has 5 heteroatoms. The van der Waals surface area contributed by atoms with E-state index < -0.39 is 0 Å². The summed E-state index contributed by atoms with van der Waals surface area (Å²) in [4.78, 5) is 11.7. The van der Waals surface area contributed by atoms with Crippen molar-refractivity contribution in [2.75, 3.05) is 5.73 Å². The molecular weight excluding hydrogens is 176 g/mol. The largest absolute Gasteiger partial charge is 0.383 e. The summed E-state index contributed by atoms with van der Waals surface area (Å²) in [5, 5.41) is 0.951. The number of hydrogen-bond donors (Lipinski definition) is 1. The van der Waals surface area contributed by atoms with Crippen molar-refractivity contribution in [2.45, 2.75) is 0 Å². The van der Waals surface area contributed by atoms with Gasteiger partial charge in [-0.1, -0.05) is 11.6 Å². The van der Waals surface area contributed by atoms with Crippen LogP contribution in [0, 0.1) is 0 Å². The van der Waals surface area contributed by atoms with Gasteiger partial charge < -0.3 is 5.73 Å². The molecule has 0 radical (unpaired) electrons. The first-order chi connectivity index (χ1) is 5.79. The Hall–Kier alpha value is -1.42. The molecule has 0 unspecified atom stereocenters. The molecule has 0 aromatic carbocycles. The van der Waals surface area contributed by atoms with Gasteiger partial charge >= 0.3 is 0 Å². The summed E-state index contributed by atoms with van der Waals surface area (Å²) in [5.41, 5.74) is 6.29. The second-order valence-electron chi connectivity index (χ2n) is 2.25. The van der Waals surface area contributed by atoms with E-state index in [1.807, 2.05) is 0 Å². The quantitative estimate of drug-likeness (QED) is 0.620. The van der Waals surface area contributed by atoms with Crippen LogP contribution in [-0.2, 0) is 0 Å². The summed E-state index contributed by atoms with van der Waals surface area (Å²) < 4.78 is 0. The summed E-state index contributed by atoms with van der Waals surface area (Å²) in [6.07, 6.45) is 2.98. The second-order valence-corrected chi connectivity index (χ2v) is 2.61. The van der Waals surface area contributed by atoms with Crippen LogP contribution in [0.2, 0.25) is 5.15 Å². The zero-order valence-electron chi connectivity index (χ0n) is 6.03. The van der Waals surface area contributed by atoms with Crippen LogP contribution >= 0.6 is 11.6 Å². The first-order valence-corrected chi connectivity index (χ1v) is 3.67. The zero-order chi connectivity index (χ0) is 8.55. The van der Waals surface area contributed by atoms with Crippen LogP contribution in [0.4, 0.5) is 5.82 Å². The van der Waals surface area contributed by atoms with Crippen molar-refractivity contribution in [1.29, 1.82) is 0 Å². The summed E-state index contributed by atoms with van der Waals surface area (Å²) in [5.74, 6) is 0.359. The molecule has 0 amide bonds. The molecule has 12 heavy (non-hydrogen) atoms. The Bertz CT molecular complexity index is 392. The Morgan fingerprint density at radius 1 is 1.25 bits per heavy atom. The minimum atomic E-state index is 0.339. The lowest BCUT2D eigenvalue weighted by Crippen LogP contribution is -1.93. The second kappa shape index (κ2) is 2.57. The van der Waals surface area contributed by atoms with Crippen LogP contribution in [0.15, 0.2) is 18.6 Å². The van der Waals surface area contributed by atoms with E-state index >= 15 is 0 Å². The number of anilines is 1. The van der Waals surface area contributed by atoms with E-state index in [0.717, 1.165) is 0 Å². The molecule has 2 aromatic rings. The van der Waals surface area contributed by atoms with Gasteiger partial charge in [-0.05, 0) is 6.07 Å². The smallest absolute Gasteiger partial charge is 0.143 e. The maximum absolute atomic E-state index is 5.79. The number of nitrogens with two attached hydrogens (primary N) is 1. The molecule has 4 nitrogen and oxygen atoms in total. The summed E-state index contributed by atoms with van der Waals surface area (Å²) in [6, 6.07) is 1.74. The lowest BCUT2D eigenvalue weighted by atomic mass is 10.3. The number of fused-ring (bicyclic) bond motifs is 1. The van der Waals surface area contributed by atoms with Gasteiger partial charge in [-0.25, -0.2) is 15.0 Å². The van der Waals surface area contributed by atoms with Crippen molar-refractivity contribution in [2.24, 2.45) is 0 Å². The number of aromatic nitrogens is 3. The van der Waals surface area contributed by atoms with E-state index in [0.29, 0.717) is 21.9 Å². The van der Waals surface area contributed by atoms with Crippen LogP contribution in [-0.4, -0.2) is 15.0 Å². The van der Waals surface area contributed by atoms with Gasteiger partial charge in [0.25, 0.3) is 0 Å². The lowest BCUT2D eigenvalue weighted by molar-refractivity contribution is 1.21. The SMILES string of the molecule is Nc1nccc2ncnc(Cl)c12. The first-order valence-electron chi connectivity index (χ1n) is 3.30. The van der Waals surface area contributed by atoms with E-state index in [4.69, 9.17) is 17.3 Å². The zero-order valence-corrected chi connectivity index (χ0v) is 6.78. The summed E-state index contributed by atoms with van der Waals surface area (Å²) in [7, 11) is 0. The van der Waals surface area contributed by atoms with Gasteiger partial charge in [0, 0.05) is 6.20 Å². The molecule has 60 valence electrons. The number of rotatable bonds is 0. The lowest BCUT2D eigenvalue weighted by Gasteiger charge is -1.99. The molecule has 0 spiro atoms. The van der Waals surface area contributed by atoms with E-state index in [-0.39, 0.29) is 0 Å². The maximum Gasteiger partial charge on any atom is 0.143 e. The molecule has 2 rings (SSSR count). The highest BCUT2D eigenvalue weighted by Gasteiger charge is 2.04. The predicted octanol–water partition coefficient (Wildman–Crippen LogP) is 1.26. The number of nitrogen functional groups attached to an aromatic ring is 1. The van der Waals surface area contributed by atoms with Crippen molar-refractivity contribution in [3.8, 4) is 0 Å². The highest BCUT2D eigenvalue weighted by atomic mass is 35.5. The fraction of sp³-hybridized carbons (Fsp3) is 0. The minimum absolute atomic E-state index is 0.339. The van der Waals surface area contributed by atoms with Gasteiger partial charge in [0.1, 0.15) is 17.3 Å². The van der Waals surface area contributed by atoms with E-state index in [1.165, 1.54) is 6.33 Å². The van der Waals surface area contributed by atoms with Crippen LogP contribution in [0.3, 0.4) is 0 Å². The topological polar surface area (TPSA) is 64.7 Å². The molecule has 0 atom stereocenters. The molecule has 0 aliphatic rings. The van der Waals surface area contributed by atoms with Crippen molar-refractivity contribution < 1.29 is 0 Å². The Morgan fingerprint density at radius 3 is 2.83 bits per heavy atom. The fourth-order valence-corrected chi connectivity index (χ4v) is 1.23. The molecule has 0 saturated heterocycles. The third-order valence-electron chi connectivity index (χ3n) is 1.53. The van der Waals surface area contributed by atoms with Crippen molar-refractivity contribution in [1.82, 2.24) is 15.0 Å². The normalized spacial score (nSPS) is 10.4. The van der Waals surface area contributed by atoms with E-state index in [9.17, 15) is 0 Å². The highest BCUT2D eigenvalue weighted by molar-refractivity contribution is 6.34. The molecule has 0 aliphatic heterocycles. The minimum Gasteiger partial charge on any atom is -0.383 e. The molecule has 2 N–H and O–H groups in total. The third kappa shape index (κ3) is 0.967. The number of halogens is 1. The fourth-order valence-electron chi connectivity index (χ4n) is 0.993. The summed E-state index contributed by atoms with van der Waals surface area (Å²) in [6.45, 7) is 0. The van der Waals surface area contributed by atoms with Crippen LogP contribution in [0.25, 0.3) is 10.9 Å². The van der Waals surface area contributed by atoms with Crippen molar-refractivity contribution in [3.63, 3.8) is 0 Å².